The molecule has 6 heteroatoms. The van der Waals surface area contributed by atoms with Crippen molar-refractivity contribution in [1.82, 2.24) is 10.3 Å². The minimum absolute atomic E-state index is 0.00475. The van der Waals surface area contributed by atoms with Crippen molar-refractivity contribution in [2.45, 2.75) is 32.6 Å². The van der Waals surface area contributed by atoms with Crippen LogP contribution in [0.5, 0.6) is 0 Å². The van der Waals surface area contributed by atoms with Crippen molar-refractivity contribution in [3.05, 3.63) is 17.8 Å². The van der Waals surface area contributed by atoms with Gasteiger partial charge in [-0.2, -0.15) is 0 Å². The van der Waals surface area contributed by atoms with Crippen LogP contribution in [-0.2, 0) is 16.3 Å². The molecule has 1 atom stereocenters. The largest absolute Gasteiger partial charge is 0.445 e. The monoisotopic (exact) mass is 286 g/mol. The van der Waals surface area contributed by atoms with Crippen LogP contribution in [0, 0.1) is 5.92 Å². The van der Waals surface area contributed by atoms with E-state index in [-0.39, 0.29) is 17.4 Å². The third kappa shape index (κ3) is 4.31. The van der Waals surface area contributed by atoms with Gasteiger partial charge in [-0.1, -0.05) is 13.8 Å². The Morgan fingerprint density at radius 1 is 1.53 bits per heavy atom. The normalized spacial score (nSPS) is 22.2. The second kappa shape index (κ2) is 6.05. The van der Waals surface area contributed by atoms with E-state index >= 15 is 0 Å². The van der Waals surface area contributed by atoms with Crippen LogP contribution in [0.1, 0.15) is 37.8 Å². The minimum Gasteiger partial charge on any atom is -0.445 e. The van der Waals surface area contributed by atoms with Crippen LogP contribution in [0.3, 0.4) is 0 Å². The van der Waals surface area contributed by atoms with E-state index in [0.717, 1.165) is 25.3 Å². The second-order valence-electron chi connectivity index (χ2n) is 5.60. The molecule has 0 amide bonds. The van der Waals surface area contributed by atoms with Gasteiger partial charge in [-0.25, -0.2) is 13.4 Å². The Bertz CT molecular complexity index is 508. The molecule has 2 rings (SSSR count). The molecule has 0 saturated carbocycles. The van der Waals surface area contributed by atoms with Gasteiger partial charge in [-0.3, -0.25) is 0 Å². The number of oxazole rings is 1. The summed E-state index contributed by atoms with van der Waals surface area (Å²) in [6.07, 6.45) is 3.08. The molecule has 0 bridgehead atoms. The van der Waals surface area contributed by atoms with Crippen molar-refractivity contribution in [3.63, 3.8) is 0 Å². The van der Waals surface area contributed by atoms with Crippen molar-refractivity contribution in [2.75, 3.05) is 24.6 Å². The molecule has 2 heterocycles. The van der Waals surface area contributed by atoms with Crippen LogP contribution >= 0.6 is 0 Å². The molecule has 1 N–H and O–H groups in total. The average molecular weight is 286 g/mol. The smallest absolute Gasteiger partial charge is 0.195 e. The predicted molar refractivity (Wildman–Crippen MR) is 73.9 cm³/mol. The highest BCUT2D eigenvalue weighted by atomic mass is 32.2. The molecular formula is C13H22N2O3S. The maximum Gasteiger partial charge on any atom is 0.195 e. The number of aromatic nitrogens is 1. The van der Waals surface area contributed by atoms with Crippen molar-refractivity contribution in [3.8, 4) is 0 Å². The van der Waals surface area contributed by atoms with E-state index in [2.05, 4.69) is 24.1 Å². The summed E-state index contributed by atoms with van der Waals surface area (Å²) in [5.74, 6) is 2.51. The van der Waals surface area contributed by atoms with E-state index in [0.29, 0.717) is 18.2 Å². The third-order valence-corrected chi connectivity index (χ3v) is 5.04. The highest BCUT2D eigenvalue weighted by Gasteiger charge is 2.31. The summed E-state index contributed by atoms with van der Waals surface area (Å²) < 4.78 is 28.5. The molecule has 1 unspecified atom stereocenters. The van der Waals surface area contributed by atoms with E-state index in [1.807, 2.05) is 0 Å². The summed E-state index contributed by atoms with van der Waals surface area (Å²) in [5.41, 5.74) is 0. The van der Waals surface area contributed by atoms with E-state index in [9.17, 15) is 8.42 Å². The lowest BCUT2D eigenvalue weighted by Gasteiger charge is -2.05. The number of sulfone groups is 1. The quantitative estimate of drug-likeness (QED) is 0.800. The summed E-state index contributed by atoms with van der Waals surface area (Å²) in [6.45, 7) is 6.14. The molecule has 0 spiro atoms. The molecule has 0 aromatic carbocycles. The minimum atomic E-state index is -2.86. The Hall–Kier alpha value is -0.880. The maximum atomic E-state index is 11.4. The van der Waals surface area contributed by atoms with E-state index < -0.39 is 9.84 Å². The van der Waals surface area contributed by atoms with Gasteiger partial charge >= 0.3 is 0 Å². The Balaban J connectivity index is 1.82. The summed E-state index contributed by atoms with van der Waals surface area (Å²) in [5, 5.41) is 3.33. The van der Waals surface area contributed by atoms with Crippen molar-refractivity contribution < 1.29 is 12.8 Å². The molecule has 19 heavy (non-hydrogen) atoms. The molecular weight excluding hydrogens is 264 g/mol. The molecule has 1 fully saturated rings. The summed E-state index contributed by atoms with van der Waals surface area (Å²) in [7, 11) is -2.86. The number of nitrogens with one attached hydrogen (secondary N) is 1. The molecule has 0 aliphatic carbocycles. The number of hydrogen-bond acceptors (Lipinski definition) is 5. The lowest BCUT2D eigenvalue weighted by Crippen LogP contribution is -2.22. The van der Waals surface area contributed by atoms with Crippen molar-refractivity contribution in [2.24, 2.45) is 5.92 Å². The first kappa shape index (κ1) is 14.5. The van der Waals surface area contributed by atoms with Gasteiger partial charge in [-0.05, 0) is 18.9 Å². The van der Waals surface area contributed by atoms with Crippen LogP contribution in [0.15, 0.2) is 10.6 Å². The zero-order chi connectivity index (χ0) is 13.9. The Morgan fingerprint density at radius 2 is 2.32 bits per heavy atom. The number of nitrogens with zero attached hydrogens (tertiary/aromatic N) is 1. The molecule has 5 nitrogen and oxygen atoms in total. The number of rotatable bonds is 6. The van der Waals surface area contributed by atoms with Gasteiger partial charge in [-0.15, -0.1) is 0 Å². The fraction of sp³-hybridized carbons (Fsp3) is 0.769. The summed E-state index contributed by atoms with van der Waals surface area (Å²) in [4.78, 5) is 4.22. The summed E-state index contributed by atoms with van der Waals surface area (Å²) in [6, 6.07) is 0. The van der Waals surface area contributed by atoms with Crippen LogP contribution in [0.2, 0.25) is 0 Å². The lowest BCUT2D eigenvalue weighted by atomic mass is 10.1. The van der Waals surface area contributed by atoms with Gasteiger partial charge in [0, 0.05) is 18.9 Å². The maximum absolute atomic E-state index is 11.4. The predicted octanol–water partition coefficient (Wildman–Crippen LogP) is 1.36. The molecule has 0 radical (unpaired) electrons. The standard InChI is InChI=1S/C13H22N2O3S/c1-10(2)7-14-5-3-13-15-8-12(18-13)11-4-6-19(16,17)9-11/h8,10-11,14H,3-7,9H2,1-2H3. The van der Waals surface area contributed by atoms with Crippen LogP contribution < -0.4 is 5.32 Å². The fourth-order valence-corrected chi connectivity index (χ4v) is 3.99. The highest BCUT2D eigenvalue weighted by molar-refractivity contribution is 7.91. The Morgan fingerprint density at radius 3 is 2.95 bits per heavy atom. The van der Waals surface area contributed by atoms with E-state index in [1.54, 1.807) is 6.20 Å². The van der Waals surface area contributed by atoms with Gasteiger partial charge in [0.2, 0.25) is 0 Å². The van der Waals surface area contributed by atoms with Gasteiger partial charge in [0.15, 0.2) is 15.7 Å². The first-order chi connectivity index (χ1) is 8.96. The lowest BCUT2D eigenvalue weighted by molar-refractivity contribution is 0.425. The Kier molecular flexibility index (Phi) is 4.62. The van der Waals surface area contributed by atoms with Crippen LogP contribution in [-0.4, -0.2) is 38.0 Å². The zero-order valence-electron chi connectivity index (χ0n) is 11.6. The molecule has 1 aromatic heterocycles. The Labute approximate surface area is 114 Å². The average Bonchev–Trinajstić information content (AvgIpc) is 2.90. The zero-order valence-corrected chi connectivity index (χ0v) is 12.4. The van der Waals surface area contributed by atoms with E-state index in [1.165, 1.54) is 0 Å². The highest BCUT2D eigenvalue weighted by Crippen LogP contribution is 2.29. The van der Waals surface area contributed by atoms with Crippen LogP contribution in [0.25, 0.3) is 0 Å². The first-order valence-corrected chi connectivity index (χ1v) is 8.64. The SMILES string of the molecule is CC(C)CNCCc1ncc(C2CCS(=O)(=O)C2)o1. The topological polar surface area (TPSA) is 72.2 Å². The van der Waals surface area contributed by atoms with Gasteiger partial charge in [0.05, 0.1) is 17.7 Å². The summed E-state index contributed by atoms with van der Waals surface area (Å²) >= 11 is 0. The van der Waals surface area contributed by atoms with Crippen LogP contribution in [0.4, 0.5) is 0 Å². The van der Waals surface area contributed by atoms with Gasteiger partial charge < -0.3 is 9.73 Å². The second-order valence-corrected chi connectivity index (χ2v) is 7.83. The molecule has 1 aliphatic rings. The first-order valence-electron chi connectivity index (χ1n) is 6.82. The molecule has 1 saturated heterocycles. The van der Waals surface area contributed by atoms with E-state index in [4.69, 9.17) is 4.42 Å². The van der Waals surface area contributed by atoms with Crippen molar-refractivity contribution >= 4 is 9.84 Å². The van der Waals surface area contributed by atoms with Gasteiger partial charge in [0.25, 0.3) is 0 Å². The molecule has 108 valence electrons. The molecule has 1 aliphatic heterocycles. The number of hydrogen-bond donors (Lipinski definition) is 1. The third-order valence-electron chi connectivity index (χ3n) is 3.27. The van der Waals surface area contributed by atoms with Crippen molar-refractivity contribution in [1.29, 1.82) is 0 Å². The van der Waals surface area contributed by atoms with Gasteiger partial charge in [0.1, 0.15) is 5.76 Å². The molecule has 1 aromatic rings. The fourth-order valence-electron chi connectivity index (χ4n) is 2.23.